The minimum atomic E-state index is -0.489. The van der Waals surface area contributed by atoms with E-state index in [4.69, 9.17) is 0 Å². The Bertz CT molecular complexity index is 505. The molecule has 0 rings (SSSR count). The molecule has 37 heavy (non-hydrogen) atoms. The molecule has 0 fully saturated rings. The maximum Gasteiger partial charge on any atom is 0.333 e. The number of esters is 2. The van der Waals surface area contributed by atoms with E-state index in [9.17, 15) is 9.59 Å². The van der Waals surface area contributed by atoms with E-state index in [1.165, 1.54) is 135 Å². The number of hydrogen-bond donors (Lipinski definition) is 0. The molecule has 218 valence electrons. The highest BCUT2D eigenvalue weighted by Crippen LogP contribution is 2.14. The Labute approximate surface area is 231 Å². The maximum absolute atomic E-state index is 10.8. The van der Waals surface area contributed by atoms with Crippen molar-refractivity contribution in [2.24, 2.45) is 0 Å². The molecule has 0 radical (unpaired) electrons. The first kappa shape index (κ1) is 37.6. The molecule has 0 atom stereocenters. The van der Waals surface area contributed by atoms with Crippen LogP contribution in [-0.4, -0.2) is 25.2 Å². The lowest BCUT2D eigenvalue weighted by Crippen LogP contribution is -2.14. The van der Waals surface area contributed by atoms with Gasteiger partial charge in [-0.1, -0.05) is 162 Å². The molecule has 0 unspecified atom stereocenters. The van der Waals surface area contributed by atoms with Crippen molar-refractivity contribution in [3.05, 3.63) is 24.3 Å². The Kier molecular flexibility index (Phi) is 31.1. The lowest BCUT2D eigenvalue weighted by molar-refractivity contribution is -0.147. The lowest BCUT2D eigenvalue weighted by Gasteiger charge is -2.05. The van der Waals surface area contributed by atoms with E-state index in [1.54, 1.807) is 13.8 Å². The fourth-order valence-electron chi connectivity index (χ4n) is 4.02. The number of rotatable bonds is 25. The monoisotopic (exact) mass is 522 g/mol. The molecule has 0 spiro atoms. The van der Waals surface area contributed by atoms with Crippen molar-refractivity contribution in [1.82, 2.24) is 0 Å². The highest BCUT2D eigenvalue weighted by atomic mass is 16.6. The Morgan fingerprint density at radius 1 is 0.432 bits per heavy atom. The highest BCUT2D eigenvalue weighted by molar-refractivity contribution is 5.87. The average Bonchev–Trinajstić information content (AvgIpc) is 2.88. The van der Waals surface area contributed by atoms with Crippen LogP contribution in [0, 0.1) is 0 Å². The second-order valence-electron chi connectivity index (χ2n) is 10.6. The smallest absolute Gasteiger partial charge is 0.333 e. The zero-order chi connectivity index (χ0) is 28.0. The van der Waals surface area contributed by atoms with Crippen LogP contribution in [0.25, 0.3) is 0 Å². The van der Waals surface area contributed by atoms with Crippen LogP contribution in [0.2, 0.25) is 0 Å². The second-order valence-corrected chi connectivity index (χ2v) is 10.6. The summed E-state index contributed by atoms with van der Waals surface area (Å²) in [6, 6.07) is 0. The SMILES string of the molecule is C=C(C)C(=O)OCCOC(=O)C(=C)C.CCCCCCCCCCCCCCCCCCCCCCC. The van der Waals surface area contributed by atoms with E-state index in [2.05, 4.69) is 36.5 Å². The molecule has 0 bridgehead atoms. The van der Waals surface area contributed by atoms with Gasteiger partial charge in [0.1, 0.15) is 13.2 Å². The molecule has 0 aromatic carbocycles. The number of unbranched alkanes of at least 4 members (excludes halogenated alkanes) is 20. The molecule has 0 aromatic rings. The van der Waals surface area contributed by atoms with Gasteiger partial charge in [-0.25, -0.2) is 9.59 Å². The highest BCUT2D eigenvalue weighted by Gasteiger charge is 2.05. The van der Waals surface area contributed by atoms with Crippen LogP contribution >= 0.6 is 0 Å². The van der Waals surface area contributed by atoms with Crippen LogP contribution in [-0.2, 0) is 19.1 Å². The zero-order valence-electron chi connectivity index (χ0n) is 25.3. The average molecular weight is 523 g/mol. The van der Waals surface area contributed by atoms with Gasteiger partial charge >= 0.3 is 11.9 Å². The first-order chi connectivity index (χ1) is 17.9. The van der Waals surface area contributed by atoms with Crippen LogP contribution in [0.4, 0.5) is 0 Å². The van der Waals surface area contributed by atoms with E-state index >= 15 is 0 Å². The lowest BCUT2D eigenvalue weighted by atomic mass is 10.0. The summed E-state index contributed by atoms with van der Waals surface area (Å²) in [6.45, 7) is 14.6. The van der Waals surface area contributed by atoms with Gasteiger partial charge in [0.2, 0.25) is 0 Å². The van der Waals surface area contributed by atoms with Crippen molar-refractivity contribution in [1.29, 1.82) is 0 Å². The summed E-state index contributed by atoms with van der Waals surface area (Å²) in [6.07, 6.45) is 30.9. The fourth-order valence-corrected chi connectivity index (χ4v) is 4.02. The minimum absolute atomic E-state index is 0.0325. The Hall–Kier alpha value is -1.58. The summed E-state index contributed by atoms with van der Waals surface area (Å²) in [7, 11) is 0. The quantitative estimate of drug-likeness (QED) is 0.0679. The summed E-state index contributed by atoms with van der Waals surface area (Å²) >= 11 is 0. The second kappa shape index (κ2) is 30.6. The van der Waals surface area contributed by atoms with Crippen molar-refractivity contribution < 1.29 is 19.1 Å². The van der Waals surface area contributed by atoms with E-state index in [0.29, 0.717) is 11.1 Å². The predicted molar refractivity (Wildman–Crippen MR) is 160 cm³/mol. The van der Waals surface area contributed by atoms with Crippen LogP contribution in [0.3, 0.4) is 0 Å². The number of hydrogen-bond acceptors (Lipinski definition) is 4. The van der Waals surface area contributed by atoms with E-state index < -0.39 is 11.9 Å². The third kappa shape index (κ3) is 32.4. The van der Waals surface area contributed by atoms with Crippen molar-refractivity contribution in [2.75, 3.05) is 13.2 Å². The summed E-state index contributed by atoms with van der Waals surface area (Å²) in [5.41, 5.74) is 0.632. The molecule has 4 nitrogen and oxygen atoms in total. The molecule has 0 saturated heterocycles. The van der Waals surface area contributed by atoms with Crippen LogP contribution in [0.1, 0.15) is 163 Å². The van der Waals surface area contributed by atoms with Gasteiger partial charge in [-0.3, -0.25) is 0 Å². The molecular formula is C33H62O4. The van der Waals surface area contributed by atoms with Gasteiger partial charge in [0.25, 0.3) is 0 Å². The Morgan fingerprint density at radius 2 is 0.622 bits per heavy atom. The van der Waals surface area contributed by atoms with Crippen molar-refractivity contribution in [3.8, 4) is 0 Å². The number of carbonyl (C=O) groups is 2. The molecule has 0 saturated carbocycles. The van der Waals surface area contributed by atoms with Crippen LogP contribution in [0.15, 0.2) is 24.3 Å². The fraction of sp³-hybridized carbons (Fsp3) is 0.818. The van der Waals surface area contributed by atoms with Gasteiger partial charge in [-0.2, -0.15) is 0 Å². The molecule has 0 aliphatic heterocycles. The first-order valence-corrected chi connectivity index (χ1v) is 15.5. The third-order valence-electron chi connectivity index (χ3n) is 6.45. The number of ether oxygens (including phenoxy) is 2. The summed E-state index contributed by atoms with van der Waals surface area (Å²) in [5, 5.41) is 0. The van der Waals surface area contributed by atoms with Gasteiger partial charge in [0, 0.05) is 11.1 Å². The third-order valence-corrected chi connectivity index (χ3v) is 6.45. The summed E-state index contributed by atoms with van der Waals surface area (Å²) in [4.78, 5) is 21.7. The molecule has 0 aliphatic carbocycles. The molecule has 0 N–H and O–H groups in total. The van der Waals surface area contributed by atoms with Gasteiger partial charge in [-0.15, -0.1) is 0 Å². The van der Waals surface area contributed by atoms with Gasteiger partial charge in [0.05, 0.1) is 0 Å². The summed E-state index contributed by atoms with van der Waals surface area (Å²) in [5.74, 6) is -0.979. The van der Waals surface area contributed by atoms with Gasteiger partial charge in [0.15, 0.2) is 0 Å². The number of carbonyl (C=O) groups excluding carboxylic acids is 2. The maximum atomic E-state index is 10.8. The predicted octanol–water partition coefficient (Wildman–Crippen LogP) is 10.4. The molecule has 0 aliphatic rings. The van der Waals surface area contributed by atoms with Crippen molar-refractivity contribution >= 4 is 11.9 Å². The topological polar surface area (TPSA) is 52.6 Å². The molecule has 0 amide bonds. The molecular weight excluding hydrogens is 460 g/mol. The molecule has 0 heterocycles. The van der Waals surface area contributed by atoms with E-state index in [0.717, 1.165) is 0 Å². The normalized spacial score (nSPS) is 10.4. The van der Waals surface area contributed by atoms with Crippen LogP contribution in [0.5, 0.6) is 0 Å². The summed E-state index contributed by atoms with van der Waals surface area (Å²) < 4.78 is 9.38. The van der Waals surface area contributed by atoms with E-state index in [-0.39, 0.29) is 13.2 Å². The zero-order valence-corrected chi connectivity index (χ0v) is 25.3. The standard InChI is InChI=1S/C23H48.C10H14O4/c1-3-5-7-9-11-13-15-17-19-21-23-22-20-18-16-14-12-10-8-6-4-2;1-7(2)9(11)13-5-6-14-10(12)8(3)4/h3-23H2,1-2H3;1,3,5-6H2,2,4H3. The minimum Gasteiger partial charge on any atom is -0.459 e. The van der Waals surface area contributed by atoms with Crippen LogP contribution < -0.4 is 0 Å². The Morgan fingerprint density at radius 3 is 0.784 bits per heavy atom. The molecule has 0 aromatic heterocycles. The largest absolute Gasteiger partial charge is 0.459 e. The van der Waals surface area contributed by atoms with Gasteiger partial charge < -0.3 is 9.47 Å². The first-order valence-electron chi connectivity index (χ1n) is 15.5. The Balaban J connectivity index is 0. The van der Waals surface area contributed by atoms with E-state index in [1.807, 2.05) is 0 Å². The molecule has 4 heteroatoms. The van der Waals surface area contributed by atoms with Gasteiger partial charge in [-0.05, 0) is 13.8 Å². The van der Waals surface area contributed by atoms with Crippen molar-refractivity contribution in [3.63, 3.8) is 0 Å². The van der Waals surface area contributed by atoms with Crippen molar-refractivity contribution in [2.45, 2.75) is 163 Å².